The van der Waals surface area contributed by atoms with E-state index in [-0.39, 0.29) is 0 Å². The molecule has 0 aliphatic heterocycles. The van der Waals surface area contributed by atoms with E-state index in [0.29, 0.717) is 5.56 Å². The van der Waals surface area contributed by atoms with Crippen molar-refractivity contribution in [2.75, 3.05) is 0 Å². The van der Waals surface area contributed by atoms with E-state index in [4.69, 9.17) is 0 Å². The second-order valence-electron chi connectivity index (χ2n) is 7.38. The standard InChI is InChI=1S/C23H38O2/c1-3-5-7-9-11-13-15-20-17-21(19-22(18-20)23(24)25)16-14-12-10-8-6-4-2/h17-19H,3-16H2,1-2H3,(H,24,25). The molecule has 25 heavy (non-hydrogen) atoms. The van der Waals surface area contributed by atoms with Gasteiger partial charge in [-0.3, -0.25) is 0 Å². The smallest absolute Gasteiger partial charge is 0.335 e. The first kappa shape index (κ1) is 21.7. The molecule has 0 saturated carbocycles. The first-order valence-electron chi connectivity index (χ1n) is 10.5. The first-order chi connectivity index (χ1) is 12.2. The van der Waals surface area contributed by atoms with Crippen molar-refractivity contribution < 1.29 is 9.90 Å². The normalized spacial score (nSPS) is 11.0. The van der Waals surface area contributed by atoms with Crippen LogP contribution in [0.5, 0.6) is 0 Å². The summed E-state index contributed by atoms with van der Waals surface area (Å²) in [6.07, 6.45) is 17.4. The molecule has 0 saturated heterocycles. The summed E-state index contributed by atoms with van der Waals surface area (Å²) in [6, 6.07) is 5.99. The molecule has 0 spiro atoms. The van der Waals surface area contributed by atoms with Crippen molar-refractivity contribution >= 4 is 5.97 Å². The molecule has 2 heteroatoms. The largest absolute Gasteiger partial charge is 0.478 e. The molecule has 1 rings (SSSR count). The fraction of sp³-hybridized carbons (Fsp3) is 0.696. The van der Waals surface area contributed by atoms with Crippen LogP contribution in [0.2, 0.25) is 0 Å². The molecule has 1 aromatic carbocycles. The third-order valence-electron chi connectivity index (χ3n) is 4.94. The molecule has 0 aromatic heterocycles. The topological polar surface area (TPSA) is 37.3 Å². The lowest BCUT2D eigenvalue weighted by molar-refractivity contribution is 0.0696. The number of hydrogen-bond acceptors (Lipinski definition) is 1. The summed E-state index contributed by atoms with van der Waals surface area (Å²) in [6.45, 7) is 4.48. The molecule has 0 aliphatic carbocycles. The van der Waals surface area contributed by atoms with Crippen LogP contribution in [0.4, 0.5) is 0 Å². The Labute approximate surface area is 155 Å². The molecule has 0 bridgehead atoms. The van der Waals surface area contributed by atoms with E-state index >= 15 is 0 Å². The van der Waals surface area contributed by atoms with Gasteiger partial charge in [-0.15, -0.1) is 0 Å². The Morgan fingerprint density at radius 3 is 1.48 bits per heavy atom. The van der Waals surface area contributed by atoms with Crippen molar-refractivity contribution in [1.29, 1.82) is 0 Å². The summed E-state index contributed by atoms with van der Waals surface area (Å²) >= 11 is 0. The third-order valence-corrected chi connectivity index (χ3v) is 4.94. The highest BCUT2D eigenvalue weighted by molar-refractivity contribution is 5.88. The number of carbonyl (C=O) groups is 1. The van der Waals surface area contributed by atoms with Gasteiger partial charge in [0.15, 0.2) is 0 Å². The van der Waals surface area contributed by atoms with Crippen molar-refractivity contribution in [3.63, 3.8) is 0 Å². The van der Waals surface area contributed by atoms with Crippen molar-refractivity contribution in [1.82, 2.24) is 0 Å². The van der Waals surface area contributed by atoms with Gasteiger partial charge in [0.2, 0.25) is 0 Å². The lowest BCUT2D eigenvalue weighted by Crippen LogP contribution is -2.01. The van der Waals surface area contributed by atoms with Crippen LogP contribution in [-0.4, -0.2) is 11.1 Å². The number of aryl methyl sites for hydroxylation is 2. The van der Waals surface area contributed by atoms with Gasteiger partial charge in [-0.05, 0) is 48.9 Å². The van der Waals surface area contributed by atoms with Gasteiger partial charge in [-0.1, -0.05) is 84.1 Å². The molecule has 0 amide bonds. The zero-order chi connectivity index (χ0) is 18.3. The van der Waals surface area contributed by atoms with Crippen LogP contribution in [0.3, 0.4) is 0 Å². The van der Waals surface area contributed by atoms with E-state index in [9.17, 15) is 9.90 Å². The van der Waals surface area contributed by atoms with Crippen molar-refractivity contribution in [3.8, 4) is 0 Å². The van der Waals surface area contributed by atoms with Crippen LogP contribution < -0.4 is 0 Å². The molecule has 142 valence electrons. The summed E-state index contributed by atoms with van der Waals surface area (Å²) in [7, 11) is 0. The lowest BCUT2D eigenvalue weighted by atomic mass is 9.97. The van der Waals surface area contributed by atoms with Crippen LogP contribution in [0.25, 0.3) is 0 Å². The first-order valence-corrected chi connectivity index (χ1v) is 10.5. The summed E-state index contributed by atoms with van der Waals surface area (Å²) in [5, 5.41) is 9.37. The molecule has 2 nitrogen and oxygen atoms in total. The molecule has 0 aliphatic rings. The van der Waals surface area contributed by atoms with Gasteiger partial charge in [-0.25, -0.2) is 4.79 Å². The molecule has 1 aromatic rings. The highest BCUT2D eigenvalue weighted by Gasteiger charge is 2.07. The number of hydrogen-bond donors (Lipinski definition) is 1. The van der Waals surface area contributed by atoms with Gasteiger partial charge in [0.05, 0.1) is 5.56 Å². The van der Waals surface area contributed by atoms with Gasteiger partial charge in [0.1, 0.15) is 0 Å². The number of carboxylic acids is 1. The summed E-state index contributed by atoms with van der Waals surface area (Å²) < 4.78 is 0. The average Bonchev–Trinajstić information content (AvgIpc) is 2.61. The Balaban J connectivity index is 2.45. The number of unbranched alkanes of at least 4 members (excludes halogenated alkanes) is 10. The van der Waals surface area contributed by atoms with Gasteiger partial charge in [-0.2, -0.15) is 0 Å². The molecule has 0 heterocycles. The number of carboxylic acid groups (broad SMARTS) is 1. The maximum atomic E-state index is 11.4. The van der Waals surface area contributed by atoms with E-state index in [1.165, 1.54) is 88.2 Å². The summed E-state index contributed by atoms with van der Waals surface area (Å²) in [5.41, 5.74) is 2.87. The van der Waals surface area contributed by atoms with Gasteiger partial charge in [0.25, 0.3) is 0 Å². The predicted molar refractivity (Wildman–Crippen MR) is 108 cm³/mol. The second-order valence-corrected chi connectivity index (χ2v) is 7.38. The molecule has 0 unspecified atom stereocenters. The van der Waals surface area contributed by atoms with E-state index < -0.39 is 5.97 Å². The number of rotatable bonds is 15. The van der Waals surface area contributed by atoms with E-state index in [1.54, 1.807) is 0 Å². The zero-order valence-electron chi connectivity index (χ0n) is 16.5. The minimum Gasteiger partial charge on any atom is -0.478 e. The second kappa shape index (κ2) is 13.9. The zero-order valence-corrected chi connectivity index (χ0v) is 16.5. The molecular formula is C23H38O2. The Hall–Kier alpha value is -1.31. The van der Waals surface area contributed by atoms with Crippen LogP contribution in [0.1, 0.15) is 112 Å². The minimum absolute atomic E-state index is 0.462. The van der Waals surface area contributed by atoms with Crippen LogP contribution in [0.15, 0.2) is 18.2 Å². The molecule has 0 radical (unpaired) electrons. The minimum atomic E-state index is -0.797. The molecular weight excluding hydrogens is 308 g/mol. The monoisotopic (exact) mass is 346 g/mol. The van der Waals surface area contributed by atoms with Crippen LogP contribution in [-0.2, 0) is 12.8 Å². The maximum Gasteiger partial charge on any atom is 0.335 e. The van der Waals surface area contributed by atoms with Crippen LogP contribution in [0, 0.1) is 0 Å². The maximum absolute atomic E-state index is 11.4. The van der Waals surface area contributed by atoms with Gasteiger partial charge < -0.3 is 5.11 Å². The highest BCUT2D eigenvalue weighted by Crippen LogP contribution is 2.17. The summed E-state index contributed by atoms with van der Waals surface area (Å²) in [5.74, 6) is -0.797. The number of benzene rings is 1. The van der Waals surface area contributed by atoms with Crippen LogP contribution >= 0.6 is 0 Å². The van der Waals surface area contributed by atoms with Gasteiger partial charge >= 0.3 is 5.97 Å². The average molecular weight is 347 g/mol. The summed E-state index contributed by atoms with van der Waals surface area (Å²) in [4.78, 5) is 11.4. The quantitative estimate of drug-likeness (QED) is 0.341. The van der Waals surface area contributed by atoms with Crippen molar-refractivity contribution in [2.24, 2.45) is 0 Å². The Kier molecular flexibility index (Phi) is 12.1. The highest BCUT2D eigenvalue weighted by atomic mass is 16.4. The third kappa shape index (κ3) is 10.3. The van der Waals surface area contributed by atoms with E-state index in [1.807, 2.05) is 12.1 Å². The van der Waals surface area contributed by atoms with Gasteiger partial charge in [0, 0.05) is 0 Å². The Bertz CT molecular complexity index is 445. The van der Waals surface area contributed by atoms with Crippen molar-refractivity contribution in [2.45, 2.75) is 104 Å². The number of aromatic carboxylic acids is 1. The molecule has 0 fully saturated rings. The molecule has 0 atom stereocenters. The van der Waals surface area contributed by atoms with E-state index in [0.717, 1.165) is 12.8 Å². The van der Waals surface area contributed by atoms with Crippen molar-refractivity contribution in [3.05, 3.63) is 34.9 Å². The fourth-order valence-corrected chi connectivity index (χ4v) is 3.39. The fourth-order valence-electron chi connectivity index (χ4n) is 3.39. The lowest BCUT2D eigenvalue weighted by Gasteiger charge is -2.08. The van der Waals surface area contributed by atoms with E-state index in [2.05, 4.69) is 19.9 Å². The predicted octanol–water partition coefficient (Wildman–Crippen LogP) is 7.19. The Morgan fingerprint density at radius 2 is 1.08 bits per heavy atom. The Morgan fingerprint density at radius 1 is 0.680 bits per heavy atom. The SMILES string of the molecule is CCCCCCCCc1cc(CCCCCCCC)cc(C(=O)O)c1. The molecule has 1 N–H and O–H groups in total.